The first-order chi connectivity index (χ1) is 14.2. The standard InChI is InChI=1S/C20H23F3N2O4S/c1-28-19-7-3-2-6-17(19)18(25-12-4-5-13-25)14-24-30(26,27)16-10-8-15(9-11-16)29-20(21,22)23/h2-3,6-11,18,24H,4-5,12-14H2,1H3. The maximum atomic E-state index is 12.7. The molecule has 1 aliphatic rings. The summed E-state index contributed by atoms with van der Waals surface area (Å²) < 4.78 is 74.1. The molecule has 1 heterocycles. The molecule has 0 radical (unpaired) electrons. The minimum absolute atomic E-state index is 0.101. The molecule has 1 fully saturated rings. The number of para-hydroxylation sites is 1. The van der Waals surface area contributed by atoms with Crippen LogP contribution in [0.3, 0.4) is 0 Å². The van der Waals surface area contributed by atoms with Crippen LogP contribution in [-0.2, 0) is 10.0 Å². The number of likely N-dealkylation sites (tertiary alicyclic amines) is 1. The van der Waals surface area contributed by atoms with Crippen molar-refractivity contribution in [3.05, 3.63) is 54.1 Å². The van der Waals surface area contributed by atoms with Gasteiger partial charge in [0.25, 0.3) is 0 Å². The van der Waals surface area contributed by atoms with Crippen LogP contribution in [0.15, 0.2) is 53.4 Å². The van der Waals surface area contributed by atoms with E-state index in [1.807, 2.05) is 24.3 Å². The predicted octanol–water partition coefficient (Wildman–Crippen LogP) is 3.71. The van der Waals surface area contributed by atoms with Gasteiger partial charge in [-0.3, -0.25) is 4.90 Å². The number of hydrogen-bond acceptors (Lipinski definition) is 5. The summed E-state index contributed by atoms with van der Waals surface area (Å²) in [7, 11) is -2.36. The number of sulfonamides is 1. The zero-order valence-electron chi connectivity index (χ0n) is 16.4. The van der Waals surface area contributed by atoms with Crippen molar-refractivity contribution in [2.24, 2.45) is 0 Å². The lowest BCUT2D eigenvalue weighted by Crippen LogP contribution is -2.37. The topological polar surface area (TPSA) is 67.9 Å². The minimum Gasteiger partial charge on any atom is -0.496 e. The number of nitrogens with one attached hydrogen (secondary N) is 1. The number of hydrogen-bond donors (Lipinski definition) is 1. The maximum absolute atomic E-state index is 12.7. The van der Waals surface area contributed by atoms with E-state index in [4.69, 9.17) is 4.74 Å². The molecule has 1 aliphatic heterocycles. The van der Waals surface area contributed by atoms with Crippen molar-refractivity contribution in [1.82, 2.24) is 9.62 Å². The molecule has 2 aromatic carbocycles. The highest BCUT2D eigenvalue weighted by Crippen LogP contribution is 2.31. The van der Waals surface area contributed by atoms with Crippen LogP contribution in [0.4, 0.5) is 13.2 Å². The van der Waals surface area contributed by atoms with E-state index in [-0.39, 0.29) is 17.5 Å². The van der Waals surface area contributed by atoms with Crippen molar-refractivity contribution in [1.29, 1.82) is 0 Å². The minimum atomic E-state index is -4.84. The average molecular weight is 444 g/mol. The van der Waals surface area contributed by atoms with Gasteiger partial charge in [0.15, 0.2) is 0 Å². The highest BCUT2D eigenvalue weighted by atomic mass is 32.2. The summed E-state index contributed by atoms with van der Waals surface area (Å²) in [6, 6.07) is 11.3. The number of methoxy groups -OCH3 is 1. The molecule has 1 saturated heterocycles. The first-order valence-corrected chi connectivity index (χ1v) is 10.9. The first kappa shape index (κ1) is 22.4. The van der Waals surface area contributed by atoms with E-state index in [1.165, 1.54) is 0 Å². The number of benzene rings is 2. The van der Waals surface area contributed by atoms with Crippen LogP contribution in [-0.4, -0.2) is 46.4 Å². The van der Waals surface area contributed by atoms with Crippen molar-refractivity contribution >= 4 is 10.0 Å². The summed E-state index contributed by atoms with van der Waals surface area (Å²) in [5.74, 6) is 0.188. The average Bonchev–Trinajstić information content (AvgIpc) is 3.22. The van der Waals surface area contributed by atoms with E-state index in [1.54, 1.807) is 7.11 Å². The molecular formula is C20H23F3N2O4S. The van der Waals surface area contributed by atoms with E-state index in [9.17, 15) is 21.6 Å². The molecule has 6 nitrogen and oxygen atoms in total. The van der Waals surface area contributed by atoms with Gasteiger partial charge in [0, 0.05) is 12.1 Å². The van der Waals surface area contributed by atoms with Crippen LogP contribution < -0.4 is 14.2 Å². The molecule has 30 heavy (non-hydrogen) atoms. The number of nitrogens with zero attached hydrogens (tertiary/aromatic N) is 1. The molecule has 164 valence electrons. The van der Waals surface area contributed by atoms with Crippen molar-refractivity contribution in [2.75, 3.05) is 26.7 Å². The fourth-order valence-corrected chi connectivity index (χ4v) is 4.56. The van der Waals surface area contributed by atoms with Gasteiger partial charge < -0.3 is 9.47 Å². The Balaban J connectivity index is 1.77. The SMILES string of the molecule is COc1ccccc1C(CNS(=O)(=O)c1ccc(OC(F)(F)F)cc1)N1CCCC1. The normalized spacial score (nSPS) is 16.4. The van der Waals surface area contributed by atoms with Gasteiger partial charge >= 0.3 is 6.36 Å². The Bertz CT molecular complexity index is 943. The molecule has 1 N–H and O–H groups in total. The Hall–Kier alpha value is -2.30. The van der Waals surface area contributed by atoms with Crippen LogP contribution in [0.5, 0.6) is 11.5 Å². The highest BCUT2D eigenvalue weighted by molar-refractivity contribution is 7.89. The Morgan fingerprint density at radius 2 is 1.70 bits per heavy atom. The number of ether oxygens (including phenoxy) is 2. The second-order valence-electron chi connectivity index (χ2n) is 6.87. The second-order valence-corrected chi connectivity index (χ2v) is 8.64. The van der Waals surface area contributed by atoms with Gasteiger partial charge in [-0.05, 0) is 56.3 Å². The van der Waals surface area contributed by atoms with Gasteiger partial charge in [-0.1, -0.05) is 18.2 Å². The smallest absolute Gasteiger partial charge is 0.496 e. The van der Waals surface area contributed by atoms with Crippen LogP contribution in [0.25, 0.3) is 0 Å². The van der Waals surface area contributed by atoms with Crippen LogP contribution in [0.1, 0.15) is 24.4 Å². The molecule has 0 bridgehead atoms. The Labute approximate surface area is 173 Å². The molecular weight excluding hydrogens is 421 g/mol. The van der Waals surface area contributed by atoms with E-state index < -0.39 is 22.1 Å². The van der Waals surface area contributed by atoms with Crippen molar-refractivity contribution < 1.29 is 31.1 Å². The lowest BCUT2D eigenvalue weighted by Gasteiger charge is -2.29. The third-order valence-corrected chi connectivity index (χ3v) is 6.35. The molecule has 0 amide bonds. The quantitative estimate of drug-likeness (QED) is 0.673. The van der Waals surface area contributed by atoms with Crippen LogP contribution in [0, 0.1) is 0 Å². The monoisotopic (exact) mass is 444 g/mol. The molecule has 1 unspecified atom stereocenters. The molecule has 0 aromatic heterocycles. The van der Waals surface area contributed by atoms with Crippen molar-refractivity contribution in [3.8, 4) is 11.5 Å². The van der Waals surface area contributed by atoms with Gasteiger partial charge in [0.2, 0.25) is 10.0 Å². The summed E-state index contributed by atoms with van der Waals surface area (Å²) in [5, 5.41) is 0. The predicted molar refractivity (Wildman–Crippen MR) is 105 cm³/mol. The van der Waals surface area contributed by atoms with Gasteiger partial charge in [-0.2, -0.15) is 0 Å². The Kier molecular flexibility index (Phi) is 6.89. The lowest BCUT2D eigenvalue weighted by molar-refractivity contribution is -0.274. The molecule has 10 heteroatoms. The molecule has 0 aliphatic carbocycles. The van der Waals surface area contributed by atoms with E-state index in [0.717, 1.165) is 55.8 Å². The summed E-state index contributed by atoms with van der Waals surface area (Å²) in [4.78, 5) is 2.05. The van der Waals surface area contributed by atoms with Gasteiger partial charge in [0.1, 0.15) is 11.5 Å². The largest absolute Gasteiger partial charge is 0.573 e. The summed E-state index contributed by atoms with van der Waals surface area (Å²) in [5.41, 5.74) is 0.874. The number of halogens is 3. The number of rotatable bonds is 8. The van der Waals surface area contributed by atoms with Crippen LogP contribution in [0.2, 0.25) is 0 Å². The zero-order chi connectivity index (χ0) is 21.8. The van der Waals surface area contributed by atoms with Gasteiger partial charge in [0.05, 0.1) is 18.0 Å². The maximum Gasteiger partial charge on any atom is 0.573 e. The molecule has 2 aromatic rings. The summed E-state index contributed by atoms with van der Waals surface area (Å²) >= 11 is 0. The molecule has 3 rings (SSSR count). The highest BCUT2D eigenvalue weighted by Gasteiger charge is 2.31. The zero-order valence-corrected chi connectivity index (χ0v) is 17.2. The third-order valence-electron chi connectivity index (χ3n) is 4.91. The molecule has 1 atom stereocenters. The fraction of sp³-hybridized carbons (Fsp3) is 0.400. The van der Waals surface area contributed by atoms with Crippen molar-refractivity contribution in [3.63, 3.8) is 0 Å². The summed E-state index contributed by atoms with van der Waals surface area (Å²) in [6.45, 7) is 1.78. The van der Waals surface area contributed by atoms with Gasteiger partial charge in [-0.25, -0.2) is 13.1 Å². The van der Waals surface area contributed by atoms with E-state index >= 15 is 0 Å². The third kappa shape index (κ3) is 5.65. The Morgan fingerprint density at radius 3 is 2.30 bits per heavy atom. The van der Waals surface area contributed by atoms with Crippen molar-refractivity contribution in [2.45, 2.75) is 30.1 Å². The first-order valence-electron chi connectivity index (χ1n) is 9.42. The summed E-state index contributed by atoms with van der Waals surface area (Å²) in [6.07, 6.45) is -2.78. The van der Waals surface area contributed by atoms with Gasteiger partial charge in [-0.15, -0.1) is 13.2 Å². The van der Waals surface area contributed by atoms with Crippen LogP contribution >= 0.6 is 0 Å². The fourth-order valence-electron chi connectivity index (χ4n) is 3.52. The Morgan fingerprint density at radius 1 is 1.07 bits per heavy atom. The number of alkyl halides is 3. The molecule has 0 saturated carbocycles. The van der Waals surface area contributed by atoms with E-state index in [0.29, 0.717) is 5.75 Å². The van der Waals surface area contributed by atoms with E-state index in [2.05, 4.69) is 14.4 Å². The molecule has 0 spiro atoms. The second kappa shape index (κ2) is 9.23. The lowest BCUT2D eigenvalue weighted by atomic mass is 10.0.